The first-order valence-electron chi connectivity index (χ1n) is 8.87. The van der Waals surface area contributed by atoms with Crippen LogP contribution in [0.2, 0.25) is 5.82 Å². The summed E-state index contributed by atoms with van der Waals surface area (Å²) < 4.78 is 5.40. The van der Waals surface area contributed by atoms with E-state index in [2.05, 4.69) is 20.4 Å². The lowest BCUT2D eigenvalue weighted by atomic mass is 9.64. The number of Topliss-reactive ketones (excluding diaryl/α,β-unsaturated/α-hetero) is 1. The molecule has 0 spiro atoms. The highest BCUT2D eigenvalue weighted by atomic mass is 16.5. The van der Waals surface area contributed by atoms with Gasteiger partial charge >= 0.3 is 13.1 Å². The van der Waals surface area contributed by atoms with Gasteiger partial charge < -0.3 is 26.3 Å². The van der Waals surface area contributed by atoms with Gasteiger partial charge in [-0.15, -0.1) is 10.2 Å². The molecule has 0 bridgehead atoms. The van der Waals surface area contributed by atoms with Crippen LogP contribution in [0.3, 0.4) is 0 Å². The maximum Gasteiger partial charge on any atom is 0.526 e. The molecule has 0 saturated carbocycles. The summed E-state index contributed by atoms with van der Waals surface area (Å²) in [6.07, 6.45) is 0.302. The third-order valence-corrected chi connectivity index (χ3v) is 4.38. The van der Waals surface area contributed by atoms with Crippen molar-refractivity contribution in [3.8, 4) is 5.75 Å². The molecule has 152 valence electrons. The summed E-state index contributed by atoms with van der Waals surface area (Å²) in [6, 6.07) is 4.73. The van der Waals surface area contributed by atoms with Crippen molar-refractivity contribution in [1.29, 1.82) is 0 Å². The number of benzene rings is 1. The van der Waals surface area contributed by atoms with Crippen LogP contribution in [0.5, 0.6) is 5.75 Å². The Bertz CT molecular complexity index is 943. The van der Waals surface area contributed by atoms with E-state index in [1.54, 1.807) is 12.1 Å². The first-order valence-corrected chi connectivity index (χ1v) is 8.87. The van der Waals surface area contributed by atoms with Crippen LogP contribution in [0.15, 0.2) is 23.2 Å². The summed E-state index contributed by atoms with van der Waals surface area (Å²) in [5.41, 5.74) is 11.1. The van der Waals surface area contributed by atoms with Crippen molar-refractivity contribution in [2.75, 3.05) is 6.54 Å². The number of fused-ring (bicyclic) bond motifs is 1. The van der Waals surface area contributed by atoms with E-state index in [9.17, 15) is 19.7 Å². The van der Waals surface area contributed by atoms with Gasteiger partial charge in [0.05, 0.1) is 25.1 Å². The smallest absolute Gasteiger partial charge is 0.526 e. The fraction of sp³-hybridized carbons (Fsp3) is 0.375. The molecule has 2 heterocycles. The maximum absolute atomic E-state index is 12.4. The van der Waals surface area contributed by atoms with E-state index in [-0.39, 0.29) is 48.3 Å². The van der Waals surface area contributed by atoms with E-state index in [0.717, 1.165) is 0 Å². The molecule has 0 saturated heterocycles. The van der Waals surface area contributed by atoms with E-state index in [1.807, 2.05) is 0 Å². The number of carboxylic acid groups (broad SMARTS) is 1. The van der Waals surface area contributed by atoms with Crippen LogP contribution in [0.4, 0.5) is 0 Å². The van der Waals surface area contributed by atoms with Crippen molar-refractivity contribution in [1.82, 2.24) is 20.2 Å². The minimum absolute atomic E-state index is 0.0205. The van der Waals surface area contributed by atoms with Gasteiger partial charge in [-0.05, 0) is 23.3 Å². The second kappa shape index (κ2) is 8.69. The fourth-order valence-corrected chi connectivity index (χ4v) is 3.08. The highest BCUT2D eigenvalue weighted by Crippen LogP contribution is 2.36. The Labute approximate surface area is 165 Å². The molecular formula is C16H20BN7O5. The van der Waals surface area contributed by atoms with Crippen LogP contribution < -0.4 is 16.1 Å². The quantitative estimate of drug-likeness (QED) is 0.233. The molecule has 12 nitrogen and oxygen atoms in total. The predicted octanol–water partition coefficient (Wildman–Crippen LogP) is -1.37. The van der Waals surface area contributed by atoms with Crippen LogP contribution in [-0.2, 0) is 24.2 Å². The van der Waals surface area contributed by atoms with Gasteiger partial charge in [0.1, 0.15) is 11.5 Å². The molecule has 0 radical (unpaired) electrons. The van der Waals surface area contributed by atoms with Crippen molar-refractivity contribution in [2.45, 2.75) is 31.6 Å². The van der Waals surface area contributed by atoms with Crippen molar-refractivity contribution < 1.29 is 24.4 Å². The van der Waals surface area contributed by atoms with E-state index in [1.165, 1.54) is 10.9 Å². The largest absolute Gasteiger partial charge is 0.535 e. The number of tetrazole rings is 1. The summed E-state index contributed by atoms with van der Waals surface area (Å²) in [6.45, 7) is 0.604. The summed E-state index contributed by atoms with van der Waals surface area (Å²) in [5, 5.41) is 31.2. The number of nitrogens with two attached hydrogens (primary N) is 2. The number of guanidine groups is 1. The van der Waals surface area contributed by atoms with Crippen molar-refractivity contribution in [3.05, 3.63) is 35.2 Å². The molecule has 1 aliphatic heterocycles. The van der Waals surface area contributed by atoms with Crippen LogP contribution in [0.1, 0.15) is 28.2 Å². The van der Waals surface area contributed by atoms with Crippen LogP contribution in [0.25, 0.3) is 0 Å². The van der Waals surface area contributed by atoms with Gasteiger partial charge in [-0.3, -0.25) is 9.79 Å². The molecule has 1 aromatic carbocycles. The minimum atomic E-state index is -1.28. The van der Waals surface area contributed by atoms with E-state index < -0.39 is 18.9 Å². The van der Waals surface area contributed by atoms with E-state index in [4.69, 9.17) is 16.1 Å². The zero-order valence-corrected chi connectivity index (χ0v) is 15.4. The molecule has 6 N–H and O–H groups in total. The molecule has 2 aromatic rings. The lowest BCUT2D eigenvalue weighted by molar-refractivity contribution is -0.118. The van der Waals surface area contributed by atoms with Gasteiger partial charge in [0, 0.05) is 12.2 Å². The number of carbonyl (C=O) groups is 2. The molecule has 29 heavy (non-hydrogen) atoms. The van der Waals surface area contributed by atoms with Gasteiger partial charge in [-0.25, -0.2) is 4.79 Å². The first kappa shape index (κ1) is 20.3. The zero-order valence-electron chi connectivity index (χ0n) is 15.4. The lowest BCUT2D eigenvalue weighted by Gasteiger charge is -2.27. The minimum Gasteiger partial charge on any atom is -0.535 e. The number of carboxylic acids is 1. The molecule has 0 fully saturated rings. The fourth-order valence-electron chi connectivity index (χ4n) is 3.08. The summed E-state index contributed by atoms with van der Waals surface area (Å²) in [4.78, 5) is 28.8. The summed E-state index contributed by atoms with van der Waals surface area (Å²) >= 11 is 0. The van der Waals surface area contributed by atoms with Crippen molar-refractivity contribution in [2.24, 2.45) is 16.5 Å². The zero-order chi connectivity index (χ0) is 21.0. The molecule has 1 aromatic heterocycles. The number of hydrogen-bond acceptors (Lipinski definition) is 8. The number of aromatic nitrogens is 4. The molecule has 0 aliphatic carbocycles. The molecular weight excluding hydrogens is 381 g/mol. The van der Waals surface area contributed by atoms with Gasteiger partial charge in [0.2, 0.25) is 0 Å². The highest BCUT2D eigenvalue weighted by molar-refractivity contribution is 6.47. The summed E-state index contributed by atoms with van der Waals surface area (Å²) in [7, 11) is -1.28. The second-order valence-corrected chi connectivity index (χ2v) is 6.60. The van der Waals surface area contributed by atoms with Gasteiger partial charge in [-0.1, -0.05) is 12.1 Å². The molecule has 3 rings (SSSR count). The van der Waals surface area contributed by atoms with E-state index >= 15 is 0 Å². The molecule has 0 unspecified atom stereocenters. The van der Waals surface area contributed by atoms with Gasteiger partial charge in [0.15, 0.2) is 11.8 Å². The number of aromatic carboxylic acids is 1. The van der Waals surface area contributed by atoms with Crippen LogP contribution in [-0.4, -0.2) is 61.7 Å². The third-order valence-electron chi connectivity index (χ3n) is 4.38. The Morgan fingerprint density at radius 2 is 2.17 bits per heavy atom. The normalized spacial score (nSPS) is 15.3. The average Bonchev–Trinajstić information content (AvgIpc) is 3.08. The monoisotopic (exact) mass is 401 g/mol. The number of ketones is 1. The van der Waals surface area contributed by atoms with Crippen LogP contribution in [0, 0.1) is 0 Å². The summed E-state index contributed by atoms with van der Waals surface area (Å²) in [5.74, 6) is -1.49. The second-order valence-electron chi connectivity index (χ2n) is 6.60. The lowest BCUT2D eigenvalue weighted by Crippen LogP contribution is -2.36. The standard InChI is InChI=1S/C16H20BN7O5/c18-16(19)20-4-5-24-22-13(21-23-24)8-11(25)7-10-6-9-2-1-3-12(15(26)27)14(9)29-17(10)28/h1-3,10,28H,4-8H2,(H,26,27)(H4,18,19,20)/t10-/m1/s1. The van der Waals surface area contributed by atoms with Crippen molar-refractivity contribution >= 4 is 24.8 Å². The van der Waals surface area contributed by atoms with E-state index in [0.29, 0.717) is 18.5 Å². The predicted molar refractivity (Wildman–Crippen MR) is 101 cm³/mol. The number of nitrogens with zero attached hydrogens (tertiary/aromatic N) is 5. The van der Waals surface area contributed by atoms with Gasteiger partial charge in [-0.2, -0.15) is 4.80 Å². The maximum atomic E-state index is 12.4. The number of hydrogen-bond donors (Lipinski definition) is 4. The molecule has 0 amide bonds. The Kier molecular flexibility index (Phi) is 6.07. The van der Waals surface area contributed by atoms with Gasteiger partial charge in [0.25, 0.3) is 0 Å². The number of para-hydroxylation sites is 1. The first-order chi connectivity index (χ1) is 13.8. The topological polar surface area (TPSA) is 192 Å². The van der Waals surface area contributed by atoms with Crippen LogP contribution >= 0.6 is 0 Å². The average molecular weight is 401 g/mol. The number of carbonyl (C=O) groups excluding carboxylic acids is 1. The Hall–Kier alpha value is -3.48. The third kappa shape index (κ3) is 5.07. The Morgan fingerprint density at radius 1 is 1.38 bits per heavy atom. The number of aliphatic imine (C=N–C) groups is 1. The Balaban J connectivity index is 1.59. The Morgan fingerprint density at radius 3 is 2.90 bits per heavy atom. The number of rotatable bonds is 8. The highest BCUT2D eigenvalue weighted by Gasteiger charge is 2.37. The molecule has 13 heteroatoms. The SMILES string of the molecule is NC(N)=NCCn1nnc(CC(=O)C[C@H]2Cc3cccc(C(=O)O)c3OB2O)n1. The van der Waals surface area contributed by atoms with Crippen molar-refractivity contribution in [3.63, 3.8) is 0 Å². The molecule has 1 aliphatic rings. The molecule has 1 atom stereocenters.